The molecule has 0 saturated heterocycles. The molecule has 322 valence electrons. The van der Waals surface area contributed by atoms with E-state index in [0.29, 0.717) is 23.1 Å². The zero-order chi connectivity index (χ0) is 45.6. The molecule has 24 heteroatoms. The molecule has 0 radical (unpaired) electrons. The highest BCUT2D eigenvalue weighted by atomic mass is 32.2. The zero-order valence-electron chi connectivity index (χ0n) is 29.6. The fourth-order valence-electron chi connectivity index (χ4n) is 6.16. The fraction of sp³-hybridized carbons (Fsp3) is 0.139. The van der Waals surface area contributed by atoms with E-state index in [1.165, 1.54) is 5.56 Å². The molecule has 0 spiro atoms. The molecule has 0 aliphatic carbocycles. The van der Waals surface area contributed by atoms with Crippen LogP contribution in [-0.4, -0.2) is 31.2 Å². The van der Waals surface area contributed by atoms with E-state index in [-0.39, 0.29) is 5.97 Å². The van der Waals surface area contributed by atoms with Gasteiger partial charge in [0.1, 0.15) is 58.4 Å². The van der Waals surface area contributed by atoms with Gasteiger partial charge in [0, 0.05) is 5.56 Å². The highest BCUT2D eigenvalue weighted by Gasteiger charge is 2.52. The van der Waals surface area contributed by atoms with Crippen molar-refractivity contribution in [1.82, 2.24) is 0 Å². The Morgan fingerprint density at radius 2 is 0.633 bits per heavy atom. The number of esters is 1. The first kappa shape index (κ1) is 47.3. The van der Waals surface area contributed by atoms with Crippen LogP contribution < -0.4 is 21.9 Å². The summed E-state index contributed by atoms with van der Waals surface area (Å²) in [5.74, 6) is -70.6. The van der Waals surface area contributed by atoms with Crippen LogP contribution in [0.2, 0.25) is 0 Å². The van der Waals surface area contributed by atoms with E-state index in [4.69, 9.17) is 4.74 Å². The van der Waals surface area contributed by atoms with Crippen LogP contribution in [0, 0.1) is 116 Å². The van der Waals surface area contributed by atoms with Crippen LogP contribution in [0.3, 0.4) is 0 Å². The van der Waals surface area contributed by atoms with Crippen LogP contribution in [0.5, 0.6) is 0 Å². The van der Waals surface area contributed by atoms with E-state index in [9.17, 15) is 57.5 Å². The molecule has 5 rings (SSSR count). The zero-order valence-corrected chi connectivity index (χ0v) is 30.4. The topological polar surface area (TPSA) is 26.3 Å². The number of hydrogen-bond acceptors (Lipinski definition) is 2. The van der Waals surface area contributed by atoms with Crippen molar-refractivity contribution in [2.75, 3.05) is 19.1 Å². The third kappa shape index (κ3) is 7.61. The Morgan fingerprint density at radius 3 is 0.833 bits per heavy atom. The molecule has 0 fully saturated rings. The van der Waals surface area contributed by atoms with Crippen LogP contribution in [0.15, 0.2) is 24.3 Å². The summed E-state index contributed by atoms with van der Waals surface area (Å²) in [6.07, 6.45) is -2.80. The van der Waals surface area contributed by atoms with Gasteiger partial charge in [-0.1, -0.05) is 12.1 Å². The van der Waals surface area contributed by atoms with Gasteiger partial charge < -0.3 is 4.74 Å². The van der Waals surface area contributed by atoms with E-state index < -0.39 is 144 Å². The average Bonchev–Trinajstić information content (AvgIpc) is 3.21. The van der Waals surface area contributed by atoms with Gasteiger partial charge in [0.25, 0.3) is 0 Å². The third-order valence-electron chi connectivity index (χ3n) is 8.63. The van der Waals surface area contributed by atoms with Gasteiger partial charge in [-0.2, -0.15) is 0 Å². The molecule has 0 bridgehead atoms. The van der Waals surface area contributed by atoms with Gasteiger partial charge >= 0.3 is 5.97 Å². The van der Waals surface area contributed by atoms with Gasteiger partial charge in [0.2, 0.25) is 0 Å². The quantitative estimate of drug-likeness (QED) is 0.0394. The summed E-state index contributed by atoms with van der Waals surface area (Å²) in [6.45, 7) is 2.24. The number of carbonyl (C=O) groups is 1. The molecule has 0 aliphatic rings. The predicted octanol–water partition coefficient (Wildman–Crippen LogP) is 8.09. The van der Waals surface area contributed by atoms with Crippen molar-refractivity contribution in [3.8, 4) is 0 Å². The van der Waals surface area contributed by atoms with Crippen molar-refractivity contribution in [2.45, 2.75) is 12.7 Å². The van der Waals surface area contributed by atoms with Crippen molar-refractivity contribution in [2.24, 2.45) is 0 Å². The molecule has 0 saturated carbocycles. The van der Waals surface area contributed by atoms with E-state index in [1.807, 2.05) is 31.2 Å². The Kier molecular flexibility index (Phi) is 13.9. The second-order valence-corrected chi connectivity index (χ2v) is 14.6. The smallest absolute Gasteiger partial charge is 0.338 e. The number of ether oxygens (including phenoxy) is 1. The standard InChI is InChI=1S/C24BF20.C12H17O2S/c26-5-1(6(27)14(35)21(42)13(5)34)25(2-7(28)15(36)22(43)16(37)8(2)29,3-9(30)17(38)23(44)18(39)10(3)31)4-11(32)19(40)24(45)20(41)12(4)33;1-4-14-12(13)11-7-5-10(6-8-11)9-15(2)3/h;5-8H,4,9H2,1-3H3/q-1;+1. The highest BCUT2D eigenvalue weighted by molar-refractivity contribution is 7.94. The lowest BCUT2D eigenvalue weighted by Crippen LogP contribution is -2.81. The second kappa shape index (κ2) is 17.7. The summed E-state index contributed by atoms with van der Waals surface area (Å²) in [4.78, 5) is 11.4. The molecule has 0 amide bonds. The van der Waals surface area contributed by atoms with Gasteiger partial charge in [-0.15, -0.1) is 21.9 Å². The van der Waals surface area contributed by atoms with Gasteiger partial charge in [0.05, 0.1) is 24.7 Å². The lowest BCUT2D eigenvalue weighted by atomic mass is 9.12. The molecule has 0 atom stereocenters. The molecule has 0 heterocycles. The first-order valence-electron chi connectivity index (χ1n) is 15.9. The number of halogens is 20. The first-order chi connectivity index (χ1) is 27.8. The fourth-order valence-corrected chi connectivity index (χ4v) is 7.02. The monoisotopic (exact) mass is 904 g/mol. The predicted molar refractivity (Wildman–Crippen MR) is 175 cm³/mol. The number of carbonyl (C=O) groups excluding carboxylic acids is 1. The van der Waals surface area contributed by atoms with E-state index in [2.05, 4.69) is 12.5 Å². The Balaban J connectivity index is 0.000000445. The average molecular weight is 904 g/mol. The van der Waals surface area contributed by atoms with Crippen LogP contribution in [0.25, 0.3) is 0 Å². The highest BCUT2D eigenvalue weighted by Crippen LogP contribution is 2.30. The number of hydrogen-bond donors (Lipinski definition) is 0. The molecule has 5 aromatic carbocycles. The lowest BCUT2D eigenvalue weighted by molar-refractivity contribution is 0.0526. The van der Waals surface area contributed by atoms with Crippen molar-refractivity contribution < 1.29 is 97.3 Å². The van der Waals surface area contributed by atoms with E-state index in [0.717, 1.165) is 5.75 Å². The number of rotatable bonds is 8. The van der Waals surface area contributed by atoms with E-state index in [1.54, 1.807) is 0 Å². The lowest BCUT2D eigenvalue weighted by Gasteiger charge is -2.44. The van der Waals surface area contributed by atoms with Crippen molar-refractivity contribution in [3.63, 3.8) is 0 Å². The Bertz CT molecular complexity index is 2150. The molecule has 0 N–H and O–H groups in total. The van der Waals surface area contributed by atoms with E-state index >= 15 is 35.1 Å². The molecule has 60 heavy (non-hydrogen) atoms. The summed E-state index contributed by atoms with van der Waals surface area (Å²) < 4.78 is 299. The summed E-state index contributed by atoms with van der Waals surface area (Å²) in [6, 6.07) is 7.67. The van der Waals surface area contributed by atoms with Crippen molar-refractivity contribution in [3.05, 3.63) is 152 Å². The summed E-state index contributed by atoms with van der Waals surface area (Å²) in [5.41, 5.74) is -12.4. The maximum atomic E-state index is 15.4. The van der Waals surface area contributed by atoms with Crippen LogP contribution >= 0.6 is 0 Å². The van der Waals surface area contributed by atoms with Crippen LogP contribution in [0.4, 0.5) is 87.8 Å². The Hall–Kier alpha value is -5.42. The van der Waals surface area contributed by atoms with Gasteiger partial charge in [-0.3, -0.25) is 0 Å². The minimum Gasteiger partial charge on any atom is -0.462 e. The van der Waals surface area contributed by atoms with Gasteiger partial charge in [-0.25, -0.2) is 92.6 Å². The molecular formula is C36H17BF20O2S. The summed E-state index contributed by atoms with van der Waals surface area (Å²) in [5, 5.41) is 0. The van der Waals surface area contributed by atoms with Crippen molar-refractivity contribution in [1.29, 1.82) is 0 Å². The minimum atomic E-state index is -7.22. The normalized spacial score (nSPS) is 11.6. The SMILES string of the molecule is CCOC(=O)c1ccc(C[S+](C)C)cc1.Fc1c(F)c(F)c([B-](c2c(F)c(F)c(F)c(F)c2F)(c2c(F)c(F)c(F)c(F)c2F)c2c(F)c(F)c(F)c(F)c2F)c(F)c1F. The van der Waals surface area contributed by atoms with Gasteiger partial charge in [-0.05, 0) is 30.0 Å². The maximum absolute atomic E-state index is 15.4. The van der Waals surface area contributed by atoms with Crippen LogP contribution in [0.1, 0.15) is 22.8 Å². The molecule has 5 aromatic rings. The third-order valence-corrected chi connectivity index (χ3v) is 9.54. The number of benzene rings is 5. The first-order valence-corrected chi connectivity index (χ1v) is 18.1. The Labute approximate surface area is 325 Å². The molecule has 0 aliphatic heterocycles. The molecule has 0 aromatic heterocycles. The maximum Gasteiger partial charge on any atom is 0.338 e. The molecule has 0 unspecified atom stereocenters. The van der Waals surface area contributed by atoms with Crippen molar-refractivity contribution >= 4 is 44.9 Å². The largest absolute Gasteiger partial charge is 0.462 e. The van der Waals surface area contributed by atoms with Gasteiger partial charge in [0.15, 0.2) is 69.8 Å². The summed E-state index contributed by atoms with van der Waals surface area (Å²) >= 11 is 0. The summed E-state index contributed by atoms with van der Waals surface area (Å²) in [7, 11) is 0.397. The molecule has 2 nitrogen and oxygen atoms in total. The second-order valence-electron chi connectivity index (χ2n) is 12.3. The Morgan fingerprint density at radius 1 is 0.417 bits per heavy atom. The minimum absolute atomic E-state index is 0.240. The molecular weight excluding hydrogens is 887 g/mol. The van der Waals surface area contributed by atoms with Crippen LogP contribution in [-0.2, 0) is 21.4 Å².